The van der Waals surface area contributed by atoms with Crippen molar-refractivity contribution in [2.75, 3.05) is 4.90 Å². The number of pyridine rings is 2. The van der Waals surface area contributed by atoms with Crippen LogP contribution >= 0.6 is 0 Å². The molecule has 0 bridgehead atoms. The number of carbonyl (C=O) groups is 2. The second-order valence-corrected chi connectivity index (χ2v) is 5.54. The molecule has 4 rings (SSSR count). The highest BCUT2D eigenvalue weighted by molar-refractivity contribution is 6.34. The number of aromatic nitrogens is 2. The van der Waals surface area contributed by atoms with Crippen molar-refractivity contribution < 1.29 is 9.59 Å². The first-order valence-electron chi connectivity index (χ1n) is 7.53. The highest BCUT2D eigenvalue weighted by atomic mass is 16.2. The topological polar surface area (TPSA) is 63.2 Å². The number of hydrogen-bond donors (Lipinski definition) is 0. The molecule has 0 saturated carbocycles. The molecule has 5 heteroatoms. The Labute approximate surface area is 138 Å². The first-order valence-corrected chi connectivity index (χ1v) is 7.53. The van der Waals surface area contributed by atoms with Crippen LogP contribution < -0.4 is 4.90 Å². The third kappa shape index (κ3) is 2.10. The van der Waals surface area contributed by atoms with Gasteiger partial charge >= 0.3 is 0 Å². The third-order valence-corrected chi connectivity index (χ3v) is 4.01. The SMILES string of the molecule is Cc1ccc(N2C(=O)c3ccccc3C2=O)nc1-c1ccccn1. The van der Waals surface area contributed by atoms with Crippen LogP contribution in [0.25, 0.3) is 11.4 Å². The van der Waals surface area contributed by atoms with Gasteiger partial charge in [0.1, 0.15) is 5.82 Å². The number of fused-ring (bicyclic) bond motifs is 1. The summed E-state index contributed by atoms with van der Waals surface area (Å²) in [6.45, 7) is 1.92. The first kappa shape index (κ1) is 14.3. The van der Waals surface area contributed by atoms with Gasteiger partial charge in [-0.2, -0.15) is 0 Å². The number of rotatable bonds is 2. The van der Waals surface area contributed by atoms with Crippen LogP contribution in [0.4, 0.5) is 5.82 Å². The fourth-order valence-corrected chi connectivity index (χ4v) is 2.80. The van der Waals surface area contributed by atoms with Gasteiger partial charge in [-0.25, -0.2) is 9.88 Å². The fraction of sp³-hybridized carbons (Fsp3) is 0.0526. The van der Waals surface area contributed by atoms with Crippen molar-refractivity contribution in [2.45, 2.75) is 6.92 Å². The second kappa shape index (κ2) is 5.38. The highest BCUT2D eigenvalue weighted by Gasteiger charge is 2.37. The van der Waals surface area contributed by atoms with Crippen LogP contribution in [-0.2, 0) is 0 Å². The van der Waals surface area contributed by atoms with Crippen molar-refractivity contribution in [3.05, 3.63) is 77.5 Å². The van der Waals surface area contributed by atoms with Crippen LogP contribution in [0.1, 0.15) is 26.3 Å². The minimum Gasteiger partial charge on any atom is -0.268 e. The average molecular weight is 315 g/mol. The highest BCUT2D eigenvalue weighted by Crippen LogP contribution is 2.29. The molecule has 0 saturated heterocycles. The summed E-state index contributed by atoms with van der Waals surface area (Å²) in [6.07, 6.45) is 1.69. The maximum Gasteiger partial charge on any atom is 0.267 e. The van der Waals surface area contributed by atoms with Crippen molar-refractivity contribution in [3.63, 3.8) is 0 Å². The normalized spacial score (nSPS) is 13.3. The Morgan fingerprint density at radius 3 is 2.12 bits per heavy atom. The number of carbonyl (C=O) groups excluding carboxylic acids is 2. The quantitative estimate of drug-likeness (QED) is 0.681. The van der Waals surface area contributed by atoms with Crippen LogP contribution in [0.5, 0.6) is 0 Å². The summed E-state index contributed by atoms with van der Waals surface area (Å²) in [4.78, 5) is 35.1. The van der Waals surface area contributed by atoms with Gasteiger partial charge in [-0.3, -0.25) is 14.6 Å². The van der Waals surface area contributed by atoms with Crippen molar-refractivity contribution in [2.24, 2.45) is 0 Å². The molecule has 1 aliphatic heterocycles. The maximum atomic E-state index is 12.6. The van der Waals surface area contributed by atoms with E-state index in [4.69, 9.17) is 0 Å². The van der Waals surface area contributed by atoms with Crippen molar-refractivity contribution in [3.8, 4) is 11.4 Å². The Morgan fingerprint density at radius 2 is 1.50 bits per heavy atom. The largest absolute Gasteiger partial charge is 0.268 e. The minimum atomic E-state index is -0.348. The average Bonchev–Trinajstić information content (AvgIpc) is 2.88. The molecule has 0 fully saturated rings. The van der Waals surface area contributed by atoms with E-state index in [1.807, 2.05) is 31.2 Å². The van der Waals surface area contributed by atoms with Gasteiger partial charge < -0.3 is 0 Å². The molecule has 0 atom stereocenters. The number of amides is 2. The molecule has 0 spiro atoms. The van der Waals surface area contributed by atoms with E-state index in [0.717, 1.165) is 10.5 Å². The Morgan fingerprint density at radius 1 is 0.833 bits per heavy atom. The summed E-state index contributed by atoms with van der Waals surface area (Å²) in [7, 11) is 0. The zero-order valence-electron chi connectivity index (χ0n) is 12.9. The molecule has 3 heterocycles. The molecule has 5 nitrogen and oxygen atoms in total. The number of imide groups is 1. The number of hydrogen-bond acceptors (Lipinski definition) is 4. The molecule has 2 amide bonds. The summed E-state index contributed by atoms with van der Waals surface area (Å²) >= 11 is 0. The molecule has 0 N–H and O–H groups in total. The van der Waals surface area contributed by atoms with E-state index in [0.29, 0.717) is 28.3 Å². The predicted octanol–water partition coefficient (Wildman–Crippen LogP) is 3.25. The van der Waals surface area contributed by atoms with E-state index >= 15 is 0 Å². The Kier molecular flexibility index (Phi) is 3.20. The van der Waals surface area contributed by atoms with Crippen LogP contribution in [0.15, 0.2) is 60.8 Å². The number of anilines is 1. The van der Waals surface area contributed by atoms with E-state index in [1.54, 1.807) is 36.5 Å². The molecule has 0 radical (unpaired) electrons. The van der Waals surface area contributed by atoms with Gasteiger partial charge in [0.15, 0.2) is 0 Å². The van der Waals surface area contributed by atoms with Crippen LogP contribution in [0.2, 0.25) is 0 Å². The lowest BCUT2D eigenvalue weighted by atomic mass is 10.1. The van der Waals surface area contributed by atoms with E-state index in [-0.39, 0.29) is 11.8 Å². The zero-order chi connectivity index (χ0) is 16.7. The molecular weight excluding hydrogens is 302 g/mol. The van der Waals surface area contributed by atoms with Crippen LogP contribution in [0.3, 0.4) is 0 Å². The molecule has 116 valence electrons. The minimum absolute atomic E-state index is 0.312. The Hall–Kier alpha value is -3.34. The van der Waals surface area contributed by atoms with E-state index in [2.05, 4.69) is 9.97 Å². The van der Waals surface area contributed by atoms with Gasteiger partial charge in [0.25, 0.3) is 11.8 Å². The number of nitrogens with zero attached hydrogens (tertiary/aromatic N) is 3. The summed E-state index contributed by atoms with van der Waals surface area (Å²) in [5, 5.41) is 0. The third-order valence-electron chi connectivity index (χ3n) is 4.01. The molecule has 24 heavy (non-hydrogen) atoms. The predicted molar refractivity (Wildman–Crippen MR) is 89.8 cm³/mol. The lowest BCUT2D eigenvalue weighted by molar-refractivity contribution is 0.0925. The second-order valence-electron chi connectivity index (χ2n) is 5.54. The molecule has 0 unspecified atom stereocenters. The fourth-order valence-electron chi connectivity index (χ4n) is 2.80. The number of benzene rings is 1. The van der Waals surface area contributed by atoms with Gasteiger partial charge in [0.05, 0.1) is 22.5 Å². The molecule has 3 aromatic rings. The van der Waals surface area contributed by atoms with Gasteiger partial charge in [-0.15, -0.1) is 0 Å². The lowest BCUT2D eigenvalue weighted by Crippen LogP contribution is -2.30. The first-order chi connectivity index (χ1) is 11.7. The van der Waals surface area contributed by atoms with Crippen LogP contribution in [-0.4, -0.2) is 21.8 Å². The summed E-state index contributed by atoms with van der Waals surface area (Å²) < 4.78 is 0. The maximum absolute atomic E-state index is 12.6. The van der Waals surface area contributed by atoms with Gasteiger partial charge in [0, 0.05) is 6.20 Å². The Bertz CT molecular complexity index is 932. The standard InChI is InChI=1S/C19H13N3O2/c1-12-9-10-16(21-17(12)15-8-4-5-11-20-15)22-18(23)13-6-2-3-7-14(13)19(22)24/h2-11H,1H3. The number of aryl methyl sites for hydroxylation is 1. The van der Waals surface area contributed by atoms with E-state index in [9.17, 15) is 9.59 Å². The molecule has 2 aromatic heterocycles. The molecular formula is C19H13N3O2. The van der Waals surface area contributed by atoms with E-state index < -0.39 is 0 Å². The summed E-state index contributed by atoms with van der Waals surface area (Å²) in [6, 6.07) is 15.9. The van der Waals surface area contributed by atoms with Gasteiger partial charge in [-0.05, 0) is 42.8 Å². The van der Waals surface area contributed by atoms with Crippen molar-refractivity contribution in [1.29, 1.82) is 0 Å². The molecule has 1 aliphatic rings. The van der Waals surface area contributed by atoms with Crippen molar-refractivity contribution in [1.82, 2.24) is 9.97 Å². The van der Waals surface area contributed by atoms with Gasteiger partial charge in [0.2, 0.25) is 0 Å². The smallest absolute Gasteiger partial charge is 0.267 e. The summed E-state index contributed by atoms with van der Waals surface area (Å²) in [5.74, 6) is -0.384. The Balaban J connectivity index is 1.82. The summed E-state index contributed by atoms with van der Waals surface area (Å²) in [5.41, 5.74) is 3.10. The zero-order valence-corrected chi connectivity index (χ0v) is 12.9. The van der Waals surface area contributed by atoms with E-state index in [1.165, 1.54) is 0 Å². The monoisotopic (exact) mass is 315 g/mol. The molecule has 0 aliphatic carbocycles. The molecule has 1 aromatic carbocycles. The van der Waals surface area contributed by atoms with Gasteiger partial charge in [-0.1, -0.05) is 24.3 Å². The van der Waals surface area contributed by atoms with Crippen LogP contribution in [0, 0.1) is 6.92 Å². The lowest BCUT2D eigenvalue weighted by Gasteiger charge is -2.15. The van der Waals surface area contributed by atoms with Crippen molar-refractivity contribution >= 4 is 17.6 Å².